The molecule has 17 heavy (non-hydrogen) atoms. The molecule has 0 radical (unpaired) electrons. The molecule has 0 aromatic rings. The Morgan fingerprint density at radius 2 is 2.06 bits per heavy atom. The summed E-state index contributed by atoms with van der Waals surface area (Å²) >= 11 is 0. The lowest BCUT2D eigenvalue weighted by molar-refractivity contribution is -0.145. The van der Waals surface area contributed by atoms with E-state index in [1.807, 2.05) is 0 Å². The van der Waals surface area contributed by atoms with Crippen molar-refractivity contribution in [2.24, 2.45) is 0 Å². The van der Waals surface area contributed by atoms with Crippen molar-refractivity contribution in [3.05, 3.63) is 0 Å². The number of nitrogens with one attached hydrogen (secondary N) is 1. The Balaban J connectivity index is 3.54. The zero-order valence-electron chi connectivity index (χ0n) is 10.7. The molecule has 2 N–H and O–H groups in total. The molecule has 0 saturated carbocycles. The van der Waals surface area contributed by atoms with E-state index in [0.717, 1.165) is 0 Å². The summed E-state index contributed by atoms with van der Waals surface area (Å²) < 4.78 is 4.70. The number of aliphatic hydroxyl groups is 1. The van der Waals surface area contributed by atoms with E-state index >= 15 is 0 Å². The first-order chi connectivity index (χ1) is 7.97. The maximum Gasteiger partial charge on any atom is 0.308 e. The number of esters is 1. The normalized spacial score (nSPS) is 12.0. The molecular formula is C11H22N2O4. The number of hydrogen-bond acceptors (Lipinski definition) is 5. The molecule has 100 valence electrons. The third kappa shape index (κ3) is 8.65. The fourth-order valence-corrected chi connectivity index (χ4v) is 1.17. The number of amides is 1. The number of carbonyl (C=O) groups excluding carboxylic acids is 2. The van der Waals surface area contributed by atoms with Crippen LogP contribution in [-0.2, 0) is 14.3 Å². The molecule has 0 bridgehead atoms. The summed E-state index contributed by atoms with van der Waals surface area (Å²) in [5.74, 6) is -0.386. The van der Waals surface area contributed by atoms with Crippen LogP contribution in [0.4, 0.5) is 0 Å². The lowest BCUT2D eigenvalue weighted by Crippen LogP contribution is -2.32. The molecule has 0 spiro atoms. The van der Waals surface area contributed by atoms with Gasteiger partial charge in [0.1, 0.15) is 0 Å². The van der Waals surface area contributed by atoms with Crippen molar-refractivity contribution >= 4 is 11.9 Å². The van der Waals surface area contributed by atoms with Crippen LogP contribution in [0.25, 0.3) is 0 Å². The van der Waals surface area contributed by atoms with Gasteiger partial charge in [0.2, 0.25) is 5.91 Å². The highest BCUT2D eigenvalue weighted by molar-refractivity contribution is 5.75. The molecular weight excluding hydrogens is 224 g/mol. The molecule has 6 heteroatoms. The standard InChI is InChI=1S/C11H22N2O4/c1-4-17-11(16)7-9(14)8-12-6-5-10(15)13(2)3/h9,12,14H,4-8H2,1-3H3. The van der Waals surface area contributed by atoms with Gasteiger partial charge >= 0.3 is 5.97 Å². The van der Waals surface area contributed by atoms with Crippen LogP contribution in [-0.4, -0.2) is 61.8 Å². The Morgan fingerprint density at radius 1 is 1.41 bits per heavy atom. The van der Waals surface area contributed by atoms with Gasteiger partial charge in [-0.1, -0.05) is 0 Å². The average Bonchev–Trinajstić information content (AvgIpc) is 2.24. The predicted molar refractivity (Wildman–Crippen MR) is 63.4 cm³/mol. The van der Waals surface area contributed by atoms with Crippen LogP contribution < -0.4 is 5.32 Å². The molecule has 0 aliphatic heterocycles. The Hall–Kier alpha value is -1.14. The Labute approximate surface area is 102 Å². The molecule has 1 unspecified atom stereocenters. The van der Waals surface area contributed by atoms with Gasteiger partial charge in [-0.3, -0.25) is 9.59 Å². The van der Waals surface area contributed by atoms with Gasteiger partial charge in [-0.2, -0.15) is 0 Å². The zero-order chi connectivity index (χ0) is 13.3. The smallest absolute Gasteiger partial charge is 0.308 e. The quantitative estimate of drug-likeness (QED) is 0.440. The molecule has 0 saturated heterocycles. The number of rotatable bonds is 8. The fourth-order valence-electron chi connectivity index (χ4n) is 1.17. The fraction of sp³-hybridized carbons (Fsp3) is 0.818. The first-order valence-corrected chi connectivity index (χ1v) is 5.72. The summed E-state index contributed by atoms with van der Waals surface area (Å²) in [4.78, 5) is 23.7. The van der Waals surface area contributed by atoms with Crippen LogP contribution in [0.15, 0.2) is 0 Å². The molecule has 0 aliphatic carbocycles. The van der Waals surface area contributed by atoms with Gasteiger partial charge in [0.15, 0.2) is 0 Å². The van der Waals surface area contributed by atoms with E-state index in [2.05, 4.69) is 5.32 Å². The van der Waals surface area contributed by atoms with Gasteiger partial charge in [0.05, 0.1) is 19.1 Å². The summed E-state index contributed by atoms with van der Waals surface area (Å²) in [5.41, 5.74) is 0. The molecule has 6 nitrogen and oxygen atoms in total. The van der Waals surface area contributed by atoms with Crippen molar-refractivity contribution in [1.29, 1.82) is 0 Å². The van der Waals surface area contributed by atoms with Crippen molar-refractivity contribution in [2.75, 3.05) is 33.8 Å². The summed E-state index contributed by atoms with van der Waals surface area (Å²) in [6.07, 6.45) is -0.426. The number of carbonyl (C=O) groups is 2. The highest BCUT2D eigenvalue weighted by Gasteiger charge is 2.11. The largest absolute Gasteiger partial charge is 0.466 e. The van der Waals surface area contributed by atoms with Gasteiger partial charge in [-0.25, -0.2) is 0 Å². The van der Waals surface area contributed by atoms with Crippen molar-refractivity contribution in [3.63, 3.8) is 0 Å². The van der Waals surface area contributed by atoms with Crippen LogP contribution in [0, 0.1) is 0 Å². The van der Waals surface area contributed by atoms with E-state index in [0.29, 0.717) is 19.6 Å². The third-order valence-electron chi connectivity index (χ3n) is 2.10. The Kier molecular flexibility index (Phi) is 8.35. The van der Waals surface area contributed by atoms with Crippen LogP contribution >= 0.6 is 0 Å². The highest BCUT2D eigenvalue weighted by atomic mass is 16.5. The minimum absolute atomic E-state index is 0.0253. The van der Waals surface area contributed by atoms with E-state index < -0.39 is 12.1 Å². The minimum Gasteiger partial charge on any atom is -0.466 e. The van der Waals surface area contributed by atoms with Crippen LogP contribution in [0.1, 0.15) is 19.8 Å². The molecule has 0 heterocycles. The van der Waals surface area contributed by atoms with Gasteiger partial charge in [-0.05, 0) is 6.92 Å². The highest BCUT2D eigenvalue weighted by Crippen LogP contribution is 1.94. The van der Waals surface area contributed by atoms with E-state index in [-0.39, 0.29) is 18.9 Å². The number of ether oxygens (including phenoxy) is 1. The van der Waals surface area contributed by atoms with Crippen LogP contribution in [0.5, 0.6) is 0 Å². The molecule has 0 aromatic carbocycles. The SMILES string of the molecule is CCOC(=O)CC(O)CNCCC(=O)N(C)C. The first kappa shape index (κ1) is 15.9. The number of hydrogen-bond donors (Lipinski definition) is 2. The number of nitrogens with zero attached hydrogens (tertiary/aromatic N) is 1. The summed E-state index contributed by atoms with van der Waals surface area (Å²) in [7, 11) is 3.38. The second-order valence-electron chi connectivity index (χ2n) is 3.91. The van der Waals surface area contributed by atoms with E-state index in [4.69, 9.17) is 4.74 Å². The van der Waals surface area contributed by atoms with E-state index in [1.54, 1.807) is 21.0 Å². The van der Waals surface area contributed by atoms with Crippen molar-refractivity contribution < 1.29 is 19.4 Å². The van der Waals surface area contributed by atoms with E-state index in [9.17, 15) is 14.7 Å². The zero-order valence-corrected chi connectivity index (χ0v) is 10.7. The van der Waals surface area contributed by atoms with Gasteiger partial charge < -0.3 is 20.1 Å². The molecule has 0 rings (SSSR count). The van der Waals surface area contributed by atoms with Gasteiger partial charge in [-0.15, -0.1) is 0 Å². The first-order valence-electron chi connectivity index (χ1n) is 5.72. The lowest BCUT2D eigenvalue weighted by Gasteiger charge is -2.12. The van der Waals surface area contributed by atoms with Crippen molar-refractivity contribution in [1.82, 2.24) is 10.2 Å². The van der Waals surface area contributed by atoms with Crippen LogP contribution in [0.2, 0.25) is 0 Å². The minimum atomic E-state index is -0.775. The average molecular weight is 246 g/mol. The predicted octanol–water partition coefficient (Wildman–Crippen LogP) is -0.632. The summed E-state index contributed by atoms with van der Waals surface area (Å²) in [6, 6.07) is 0. The third-order valence-corrected chi connectivity index (χ3v) is 2.10. The molecule has 0 aliphatic rings. The summed E-state index contributed by atoms with van der Waals surface area (Å²) in [6.45, 7) is 2.79. The molecule has 0 aromatic heterocycles. The second kappa shape index (κ2) is 8.95. The van der Waals surface area contributed by atoms with Crippen molar-refractivity contribution in [3.8, 4) is 0 Å². The van der Waals surface area contributed by atoms with Crippen molar-refractivity contribution in [2.45, 2.75) is 25.9 Å². The molecule has 0 fully saturated rings. The Morgan fingerprint density at radius 3 is 2.59 bits per heavy atom. The van der Waals surface area contributed by atoms with Gasteiger partial charge in [0, 0.05) is 33.6 Å². The molecule has 1 amide bonds. The number of aliphatic hydroxyl groups excluding tert-OH is 1. The molecule has 1 atom stereocenters. The maximum atomic E-state index is 11.2. The second-order valence-corrected chi connectivity index (χ2v) is 3.91. The maximum absolute atomic E-state index is 11.2. The monoisotopic (exact) mass is 246 g/mol. The Bertz CT molecular complexity index is 244. The van der Waals surface area contributed by atoms with E-state index in [1.165, 1.54) is 4.90 Å². The van der Waals surface area contributed by atoms with Crippen LogP contribution in [0.3, 0.4) is 0 Å². The van der Waals surface area contributed by atoms with Gasteiger partial charge in [0.25, 0.3) is 0 Å². The summed E-state index contributed by atoms with van der Waals surface area (Å²) in [5, 5.41) is 12.4. The topological polar surface area (TPSA) is 78.9 Å². The lowest BCUT2D eigenvalue weighted by atomic mass is 10.2.